The largest absolute Gasteiger partial charge is 0.243 e. The van der Waals surface area contributed by atoms with Crippen LogP contribution in [0.1, 0.15) is 11.1 Å². The topological polar surface area (TPSA) is 37.4 Å². The average molecular weight is 308 g/mol. The summed E-state index contributed by atoms with van der Waals surface area (Å²) < 4.78 is 26.2. The summed E-state index contributed by atoms with van der Waals surface area (Å²) in [6.07, 6.45) is 1.96. The summed E-state index contributed by atoms with van der Waals surface area (Å²) in [5, 5.41) is 0. The first-order valence-electron chi connectivity index (χ1n) is 5.54. The van der Waals surface area contributed by atoms with Crippen molar-refractivity contribution < 1.29 is 8.42 Å². The van der Waals surface area contributed by atoms with Crippen LogP contribution in [0.25, 0.3) is 0 Å². The molecule has 0 aliphatic rings. The van der Waals surface area contributed by atoms with Gasteiger partial charge in [0.05, 0.1) is 4.90 Å². The Kier molecular flexibility index (Phi) is 5.98. The van der Waals surface area contributed by atoms with E-state index in [1.54, 1.807) is 37.9 Å². The van der Waals surface area contributed by atoms with E-state index >= 15 is 0 Å². The second kappa shape index (κ2) is 6.80. The lowest BCUT2D eigenvalue weighted by atomic mass is 10.2. The Morgan fingerprint density at radius 2 is 2.06 bits per heavy atom. The lowest BCUT2D eigenvalue weighted by Gasteiger charge is -2.18. The maximum Gasteiger partial charge on any atom is 0.243 e. The SMILES string of the molecule is CSCCN(C)S(=O)(=O)c1cc(CCl)ccc1C. The molecule has 0 amide bonds. The van der Waals surface area contributed by atoms with E-state index in [0.717, 1.165) is 16.9 Å². The maximum atomic E-state index is 12.4. The molecule has 0 unspecified atom stereocenters. The van der Waals surface area contributed by atoms with Crippen molar-refractivity contribution >= 4 is 33.4 Å². The highest BCUT2D eigenvalue weighted by molar-refractivity contribution is 7.98. The number of benzene rings is 1. The molecule has 0 aliphatic heterocycles. The summed E-state index contributed by atoms with van der Waals surface area (Å²) in [5.74, 6) is 1.10. The molecule has 0 N–H and O–H groups in total. The fraction of sp³-hybridized carbons (Fsp3) is 0.500. The van der Waals surface area contributed by atoms with Crippen molar-refractivity contribution in [2.24, 2.45) is 0 Å². The fourth-order valence-corrected chi connectivity index (χ4v) is 3.69. The number of hydrogen-bond acceptors (Lipinski definition) is 3. The van der Waals surface area contributed by atoms with Crippen LogP contribution in [0.4, 0.5) is 0 Å². The average Bonchev–Trinajstić information content (AvgIpc) is 2.36. The molecular formula is C12H18ClNO2S2. The van der Waals surface area contributed by atoms with Crippen molar-refractivity contribution in [1.82, 2.24) is 4.31 Å². The van der Waals surface area contributed by atoms with Gasteiger partial charge in [-0.3, -0.25) is 0 Å². The van der Waals surface area contributed by atoms with Gasteiger partial charge in [-0.1, -0.05) is 12.1 Å². The third kappa shape index (κ3) is 3.63. The summed E-state index contributed by atoms with van der Waals surface area (Å²) in [6, 6.07) is 5.31. The van der Waals surface area contributed by atoms with Crippen molar-refractivity contribution in [3.63, 3.8) is 0 Å². The molecule has 1 rings (SSSR count). The molecule has 0 saturated heterocycles. The molecule has 3 nitrogen and oxygen atoms in total. The molecule has 0 radical (unpaired) electrons. The summed E-state index contributed by atoms with van der Waals surface area (Å²) in [5.41, 5.74) is 1.57. The highest BCUT2D eigenvalue weighted by Gasteiger charge is 2.22. The number of halogens is 1. The molecule has 1 aromatic carbocycles. The Balaban J connectivity index is 3.11. The number of nitrogens with zero attached hydrogens (tertiary/aromatic N) is 1. The summed E-state index contributed by atoms with van der Waals surface area (Å²) in [4.78, 5) is 0.351. The number of hydrogen-bond donors (Lipinski definition) is 0. The zero-order valence-corrected chi connectivity index (χ0v) is 13.2. The van der Waals surface area contributed by atoms with Crippen molar-refractivity contribution in [2.75, 3.05) is 25.6 Å². The minimum absolute atomic E-state index is 0.317. The zero-order valence-electron chi connectivity index (χ0n) is 10.8. The van der Waals surface area contributed by atoms with Crippen LogP contribution >= 0.6 is 23.4 Å². The van der Waals surface area contributed by atoms with Crippen molar-refractivity contribution in [3.05, 3.63) is 29.3 Å². The molecule has 0 aromatic heterocycles. The monoisotopic (exact) mass is 307 g/mol. The van der Waals surface area contributed by atoms with Crippen LogP contribution in [0, 0.1) is 6.92 Å². The van der Waals surface area contributed by atoms with Crippen LogP contribution in [0.5, 0.6) is 0 Å². The van der Waals surface area contributed by atoms with E-state index in [1.807, 2.05) is 12.3 Å². The third-order valence-electron chi connectivity index (χ3n) is 2.71. The van der Waals surface area contributed by atoms with Crippen LogP contribution in [-0.4, -0.2) is 38.3 Å². The van der Waals surface area contributed by atoms with Gasteiger partial charge >= 0.3 is 0 Å². The second-order valence-corrected chi connectivity index (χ2v) is 7.32. The molecule has 102 valence electrons. The lowest BCUT2D eigenvalue weighted by Crippen LogP contribution is -2.29. The van der Waals surface area contributed by atoms with Gasteiger partial charge in [0, 0.05) is 25.2 Å². The summed E-state index contributed by atoms with van der Waals surface area (Å²) in [6.45, 7) is 2.31. The van der Waals surface area contributed by atoms with Gasteiger partial charge in [0.25, 0.3) is 0 Å². The minimum atomic E-state index is -3.41. The first-order chi connectivity index (χ1) is 8.43. The van der Waals surface area contributed by atoms with Crippen LogP contribution in [-0.2, 0) is 15.9 Å². The zero-order chi connectivity index (χ0) is 13.8. The molecule has 6 heteroatoms. The van der Waals surface area contributed by atoms with Gasteiger partial charge in [0.15, 0.2) is 0 Å². The number of sulfonamides is 1. The Morgan fingerprint density at radius 1 is 1.39 bits per heavy atom. The number of aryl methyl sites for hydroxylation is 1. The predicted octanol–water partition coefficient (Wildman–Crippen LogP) is 2.72. The normalized spacial score (nSPS) is 12.1. The molecule has 0 fully saturated rings. The molecular weight excluding hydrogens is 290 g/mol. The molecule has 0 atom stereocenters. The van der Waals surface area contributed by atoms with Crippen molar-refractivity contribution in [1.29, 1.82) is 0 Å². The smallest absolute Gasteiger partial charge is 0.207 e. The van der Waals surface area contributed by atoms with E-state index in [2.05, 4.69) is 0 Å². The van der Waals surface area contributed by atoms with Gasteiger partial charge in [-0.15, -0.1) is 11.6 Å². The van der Waals surface area contributed by atoms with Gasteiger partial charge in [-0.2, -0.15) is 11.8 Å². The quantitative estimate of drug-likeness (QED) is 0.758. The molecule has 0 heterocycles. The van der Waals surface area contributed by atoms with E-state index < -0.39 is 10.0 Å². The van der Waals surface area contributed by atoms with E-state index in [-0.39, 0.29) is 0 Å². The highest BCUT2D eigenvalue weighted by atomic mass is 35.5. The number of rotatable bonds is 6. The minimum Gasteiger partial charge on any atom is -0.207 e. The molecule has 18 heavy (non-hydrogen) atoms. The van der Waals surface area contributed by atoms with E-state index in [0.29, 0.717) is 17.3 Å². The predicted molar refractivity (Wildman–Crippen MR) is 78.9 cm³/mol. The van der Waals surface area contributed by atoms with E-state index in [1.165, 1.54) is 4.31 Å². The lowest BCUT2D eigenvalue weighted by molar-refractivity contribution is 0.488. The van der Waals surface area contributed by atoms with Crippen LogP contribution in [0.3, 0.4) is 0 Å². The van der Waals surface area contributed by atoms with Gasteiger partial charge in [-0.05, 0) is 30.4 Å². The number of alkyl halides is 1. The molecule has 0 bridgehead atoms. The Morgan fingerprint density at radius 3 is 2.61 bits per heavy atom. The Labute approximate surface area is 119 Å². The van der Waals surface area contributed by atoms with Crippen molar-refractivity contribution in [2.45, 2.75) is 17.7 Å². The van der Waals surface area contributed by atoms with Gasteiger partial charge < -0.3 is 0 Å². The summed E-state index contributed by atoms with van der Waals surface area (Å²) >= 11 is 7.38. The highest BCUT2D eigenvalue weighted by Crippen LogP contribution is 2.21. The van der Waals surface area contributed by atoms with Gasteiger partial charge in [0.1, 0.15) is 0 Å². The molecule has 0 aliphatic carbocycles. The Hall–Kier alpha value is -0.230. The van der Waals surface area contributed by atoms with Crippen LogP contribution < -0.4 is 0 Å². The van der Waals surface area contributed by atoms with E-state index in [4.69, 9.17) is 11.6 Å². The standard InChI is InChI=1S/C12H18ClNO2S2/c1-10-4-5-11(9-13)8-12(10)18(15,16)14(2)6-7-17-3/h4-5,8H,6-7,9H2,1-3H3. The second-order valence-electron chi connectivity index (χ2n) is 4.05. The van der Waals surface area contributed by atoms with E-state index in [9.17, 15) is 8.42 Å². The first kappa shape index (κ1) is 15.8. The molecule has 1 aromatic rings. The number of thioether (sulfide) groups is 1. The molecule has 0 saturated carbocycles. The van der Waals surface area contributed by atoms with Gasteiger partial charge in [-0.25, -0.2) is 12.7 Å². The summed E-state index contributed by atoms with van der Waals surface area (Å²) in [7, 11) is -1.80. The third-order valence-corrected chi connectivity index (χ3v) is 5.60. The first-order valence-corrected chi connectivity index (χ1v) is 8.91. The molecule has 0 spiro atoms. The van der Waals surface area contributed by atoms with Crippen molar-refractivity contribution in [3.8, 4) is 0 Å². The maximum absolute atomic E-state index is 12.4. The van der Waals surface area contributed by atoms with Crippen LogP contribution in [0.15, 0.2) is 23.1 Å². The van der Waals surface area contributed by atoms with Crippen LogP contribution in [0.2, 0.25) is 0 Å². The Bertz CT molecular complexity index is 503. The fourth-order valence-electron chi connectivity index (χ4n) is 1.51. The van der Waals surface area contributed by atoms with Gasteiger partial charge in [0.2, 0.25) is 10.0 Å².